The first-order chi connectivity index (χ1) is 13.6. The number of hydrogen-bond acceptors (Lipinski definition) is 5. The van der Waals surface area contributed by atoms with Gasteiger partial charge in [0, 0.05) is 11.3 Å². The first kappa shape index (κ1) is 22.6. The number of rotatable bonds is 9. The van der Waals surface area contributed by atoms with E-state index in [2.05, 4.69) is 10.0 Å². The lowest BCUT2D eigenvalue weighted by molar-refractivity contribution is -0.118. The van der Waals surface area contributed by atoms with Gasteiger partial charge >= 0.3 is 0 Å². The molecular weight excluding hydrogens is 392 g/mol. The maximum atomic E-state index is 12.8. The lowest BCUT2D eigenvalue weighted by Crippen LogP contribution is -2.44. The number of benzene rings is 2. The van der Waals surface area contributed by atoms with Crippen molar-refractivity contribution >= 4 is 27.4 Å². The summed E-state index contributed by atoms with van der Waals surface area (Å²) >= 11 is 0. The van der Waals surface area contributed by atoms with Crippen LogP contribution < -0.4 is 14.8 Å². The Labute approximate surface area is 171 Å². The number of nitrogens with one attached hydrogen (secondary N) is 2. The number of ketones is 1. The Kier molecular flexibility index (Phi) is 7.53. The van der Waals surface area contributed by atoms with Crippen molar-refractivity contribution in [2.75, 3.05) is 12.4 Å². The van der Waals surface area contributed by atoms with E-state index in [0.717, 1.165) is 0 Å². The maximum absolute atomic E-state index is 12.8. The van der Waals surface area contributed by atoms with Crippen LogP contribution in [0.4, 0.5) is 5.69 Å². The molecule has 0 fully saturated rings. The van der Waals surface area contributed by atoms with Crippen molar-refractivity contribution < 1.29 is 22.7 Å². The van der Waals surface area contributed by atoms with Crippen LogP contribution in [0.2, 0.25) is 0 Å². The number of carbonyl (C=O) groups excluding carboxylic acids is 2. The van der Waals surface area contributed by atoms with Gasteiger partial charge in [-0.2, -0.15) is 4.72 Å². The average Bonchev–Trinajstić information content (AvgIpc) is 2.67. The van der Waals surface area contributed by atoms with Crippen LogP contribution >= 0.6 is 0 Å². The fraction of sp³-hybridized carbons (Fsp3) is 0.333. The molecule has 0 unspecified atom stereocenters. The summed E-state index contributed by atoms with van der Waals surface area (Å²) in [5, 5.41) is 2.70. The van der Waals surface area contributed by atoms with Crippen molar-refractivity contribution in [3.8, 4) is 5.75 Å². The first-order valence-electron chi connectivity index (χ1n) is 9.20. The summed E-state index contributed by atoms with van der Waals surface area (Å²) < 4.78 is 33.0. The summed E-state index contributed by atoms with van der Waals surface area (Å²) in [6.07, 6.45) is 0.313. The van der Waals surface area contributed by atoms with E-state index in [9.17, 15) is 18.0 Å². The molecule has 0 spiro atoms. The molecule has 1 amide bonds. The number of Topliss-reactive ketones (excluding diaryl/α,β-unsaturated/α-hetero) is 1. The van der Waals surface area contributed by atoms with Crippen LogP contribution in [0.5, 0.6) is 5.75 Å². The fourth-order valence-electron chi connectivity index (χ4n) is 2.74. The molecule has 0 saturated heterocycles. The van der Waals surface area contributed by atoms with E-state index in [4.69, 9.17) is 4.74 Å². The number of anilines is 1. The molecule has 0 radical (unpaired) electrons. The number of sulfonamides is 1. The Morgan fingerprint density at radius 1 is 1.07 bits per heavy atom. The van der Waals surface area contributed by atoms with Crippen LogP contribution in [-0.4, -0.2) is 33.3 Å². The van der Waals surface area contributed by atoms with Crippen molar-refractivity contribution in [3.05, 3.63) is 54.1 Å². The molecule has 2 rings (SSSR count). The number of carbonyl (C=O) groups is 2. The smallest absolute Gasteiger partial charge is 0.242 e. The number of ether oxygens (including phenoxy) is 1. The van der Waals surface area contributed by atoms with E-state index in [1.165, 1.54) is 26.2 Å². The minimum Gasteiger partial charge on any atom is -0.497 e. The van der Waals surface area contributed by atoms with Gasteiger partial charge in [0.05, 0.1) is 12.0 Å². The topological polar surface area (TPSA) is 102 Å². The minimum atomic E-state index is -3.91. The van der Waals surface area contributed by atoms with Crippen molar-refractivity contribution in [1.29, 1.82) is 0 Å². The van der Waals surface area contributed by atoms with Crippen molar-refractivity contribution in [2.24, 2.45) is 5.92 Å². The molecule has 0 saturated carbocycles. The van der Waals surface area contributed by atoms with Crippen molar-refractivity contribution in [3.63, 3.8) is 0 Å². The third kappa shape index (κ3) is 6.40. The summed E-state index contributed by atoms with van der Waals surface area (Å²) in [6.45, 7) is 5.24. The number of amides is 1. The van der Waals surface area contributed by atoms with Crippen LogP contribution in [0.1, 0.15) is 37.6 Å². The molecule has 8 heteroatoms. The monoisotopic (exact) mass is 418 g/mol. The first-order valence-corrected chi connectivity index (χ1v) is 10.7. The highest BCUT2D eigenvalue weighted by atomic mass is 32.2. The predicted octanol–water partition coefficient (Wildman–Crippen LogP) is 3.23. The molecular formula is C21H26N2O5S. The van der Waals surface area contributed by atoms with Crippen LogP contribution in [0.3, 0.4) is 0 Å². The highest BCUT2D eigenvalue weighted by Gasteiger charge is 2.26. The van der Waals surface area contributed by atoms with E-state index < -0.39 is 22.0 Å². The largest absolute Gasteiger partial charge is 0.497 e. The molecule has 156 valence electrons. The summed E-state index contributed by atoms with van der Waals surface area (Å²) in [6, 6.07) is 11.5. The second kappa shape index (κ2) is 9.67. The highest BCUT2D eigenvalue weighted by molar-refractivity contribution is 7.89. The van der Waals surface area contributed by atoms with Gasteiger partial charge in [0.1, 0.15) is 11.8 Å². The molecule has 29 heavy (non-hydrogen) atoms. The van der Waals surface area contributed by atoms with Gasteiger partial charge in [0.15, 0.2) is 5.78 Å². The zero-order valence-corrected chi connectivity index (χ0v) is 17.7. The van der Waals surface area contributed by atoms with Gasteiger partial charge in [-0.3, -0.25) is 9.59 Å². The van der Waals surface area contributed by atoms with Gasteiger partial charge < -0.3 is 10.1 Å². The second-order valence-electron chi connectivity index (χ2n) is 7.11. The van der Waals surface area contributed by atoms with Gasteiger partial charge in [-0.25, -0.2) is 8.42 Å². The average molecular weight is 419 g/mol. The van der Waals surface area contributed by atoms with Crippen molar-refractivity contribution in [1.82, 2.24) is 4.72 Å². The number of methoxy groups -OCH3 is 1. The molecule has 7 nitrogen and oxygen atoms in total. The standard InChI is InChI=1S/C21H26N2O5S/c1-14(2)12-20(21(25)22-17-7-5-6-16(13-17)15(3)24)23-29(26,27)19-10-8-18(28-4)9-11-19/h5-11,13-14,20,23H,12H2,1-4H3,(H,22,25)/t20-/m1/s1. The molecule has 0 aliphatic heterocycles. The zero-order valence-electron chi connectivity index (χ0n) is 16.9. The highest BCUT2D eigenvalue weighted by Crippen LogP contribution is 2.18. The lowest BCUT2D eigenvalue weighted by atomic mass is 10.0. The Bertz CT molecular complexity index is 969. The maximum Gasteiger partial charge on any atom is 0.242 e. The lowest BCUT2D eigenvalue weighted by Gasteiger charge is -2.20. The van der Waals surface area contributed by atoms with E-state index in [0.29, 0.717) is 23.4 Å². The van der Waals surface area contributed by atoms with Crippen molar-refractivity contribution in [2.45, 2.75) is 38.1 Å². The van der Waals surface area contributed by atoms with E-state index in [1.807, 2.05) is 13.8 Å². The molecule has 1 atom stereocenters. The van der Waals surface area contributed by atoms with Crippen LogP contribution in [0, 0.1) is 5.92 Å². The molecule has 0 bridgehead atoms. The molecule has 2 aromatic carbocycles. The van der Waals surface area contributed by atoms with Gasteiger partial charge in [0.2, 0.25) is 15.9 Å². The van der Waals surface area contributed by atoms with Gasteiger partial charge in [-0.15, -0.1) is 0 Å². The predicted molar refractivity (Wildman–Crippen MR) is 112 cm³/mol. The minimum absolute atomic E-state index is 0.0402. The van der Waals surface area contributed by atoms with Gasteiger partial charge in [-0.05, 0) is 55.7 Å². The fourth-order valence-corrected chi connectivity index (χ4v) is 3.94. The van der Waals surface area contributed by atoms with Crippen LogP contribution in [0.25, 0.3) is 0 Å². The van der Waals surface area contributed by atoms with E-state index in [-0.39, 0.29) is 16.6 Å². The zero-order chi connectivity index (χ0) is 21.6. The molecule has 0 aliphatic carbocycles. The van der Waals surface area contributed by atoms with E-state index >= 15 is 0 Å². The molecule has 2 N–H and O–H groups in total. The summed E-state index contributed by atoms with van der Waals surface area (Å²) in [7, 11) is -2.42. The summed E-state index contributed by atoms with van der Waals surface area (Å²) in [4.78, 5) is 24.4. The quantitative estimate of drug-likeness (QED) is 0.609. The molecule has 0 heterocycles. The third-order valence-electron chi connectivity index (χ3n) is 4.23. The Morgan fingerprint density at radius 2 is 1.72 bits per heavy atom. The van der Waals surface area contributed by atoms with E-state index in [1.54, 1.807) is 36.4 Å². The SMILES string of the molecule is COc1ccc(S(=O)(=O)N[C@H](CC(C)C)C(=O)Nc2cccc(C(C)=O)c2)cc1. The number of hydrogen-bond donors (Lipinski definition) is 2. The Balaban J connectivity index is 2.22. The molecule has 0 aliphatic rings. The Morgan fingerprint density at radius 3 is 2.28 bits per heavy atom. The van der Waals surface area contributed by atoms with Crippen LogP contribution in [0.15, 0.2) is 53.4 Å². The molecule has 2 aromatic rings. The van der Waals surface area contributed by atoms with Crippen LogP contribution in [-0.2, 0) is 14.8 Å². The summed E-state index contributed by atoms with van der Waals surface area (Å²) in [5.41, 5.74) is 0.891. The third-order valence-corrected chi connectivity index (χ3v) is 5.71. The van der Waals surface area contributed by atoms with Gasteiger partial charge in [-0.1, -0.05) is 26.0 Å². The summed E-state index contributed by atoms with van der Waals surface area (Å²) in [5.74, 6) is -0.00447. The van der Waals surface area contributed by atoms with Gasteiger partial charge in [0.25, 0.3) is 0 Å². The Hall–Kier alpha value is -2.71. The normalized spacial score (nSPS) is 12.4. The second-order valence-corrected chi connectivity index (χ2v) is 8.82. The molecule has 0 aromatic heterocycles.